The molecule has 6 amide bonds. The maximum absolute atomic E-state index is 15.0. The number of carbonyl (C=O) groups is 5. The Bertz CT molecular complexity index is 1880. The quantitative estimate of drug-likeness (QED) is 0.121. The molecule has 0 spiro atoms. The van der Waals surface area contributed by atoms with Crippen molar-refractivity contribution in [1.29, 1.82) is 0 Å². The molecule has 10 nitrogen and oxygen atoms in total. The highest BCUT2D eigenvalue weighted by atomic mass is 35.5. The molecule has 6 rings (SSSR count). The van der Waals surface area contributed by atoms with E-state index in [2.05, 4.69) is 0 Å². The Kier molecular flexibility index (Phi) is 7.43. The Morgan fingerprint density at radius 3 is 2.19 bits per heavy atom. The average molecular weight is 700 g/mol. The molecule has 3 N–H and O–H groups in total. The van der Waals surface area contributed by atoms with E-state index in [0.717, 1.165) is 0 Å². The van der Waals surface area contributed by atoms with Crippen LogP contribution in [-0.4, -0.2) is 56.5 Å². The van der Waals surface area contributed by atoms with Crippen LogP contribution in [0.2, 0.25) is 0 Å². The lowest BCUT2D eigenvalue weighted by Crippen LogP contribution is -2.60. The van der Waals surface area contributed by atoms with E-state index in [0.29, 0.717) is 5.56 Å². The first-order valence-electron chi connectivity index (χ1n) is 13.7. The number of hydrogen-bond acceptors (Lipinski definition) is 7. The van der Waals surface area contributed by atoms with Crippen molar-refractivity contribution in [1.82, 2.24) is 4.90 Å². The number of primary amides is 1. The first-order chi connectivity index (χ1) is 22.0. The molecule has 2 heterocycles. The molecule has 2 aliphatic heterocycles. The van der Waals surface area contributed by atoms with Crippen LogP contribution in [0.4, 0.5) is 32.4 Å². The summed E-state index contributed by atoms with van der Waals surface area (Å²) in [5.74, 6) is -23.1. The number of methoxy groups -OCH3 is 1. The van der Waals surface area contributed by atoms with Crippen molar-refractivity contribution in [3.8, 4) is 11.5 Å². The first-order valence-corrected chi connectivity index (χ1v) is 14.5. The minimum Gasteiger partial charge on any atom is -0.504 e. The summed E-state index contributed by atoms with van der Waals surface area (Å²) in [5, 5.41) is 9.98. The van der Waals surface area contributed by atoms with Crippen LogP contribution >= 0.6 is 23.2 Å². The van der Waals surface area contributed by atoms with Crippen LogP contribution in [0.25, 0.3) is 6.08 Å². The number of carbonyl (C=O) groups excluding carboxylic acids is 5. The van der Waals surface area contributed by atoms with Gasteiger partial charge in [-0.1, -0.05) is 29.9 Å². The highest BCUT2D eigenvalue weighted by Gasteiger charge is 2.76. The minimum absolute atomic E-state index is 0.0342. The summed E-state index contributed by atoms with van der Waals surface area (Å²) in [6, 6.07) is 2.70. The van der Waals surface area contributed by atoms with Gasteiger partial charge in [-0.25, -0.2) is 31.6 Å². The molecule has 0 radical (unpaired) electrons. The highest BCUT2D eigenvalue weighted by Crippen LogP contribution is 2.63. The van der Waals surface area contributed by atoms with Crippen molar-refractivity contribution in [3.63, 3.8) is 0 Å². The van der Waals surface area contributed by atoms with Gasteiger partial charge in [0.15, 0.2) is 44.5 Å². The van der Waals surface area contributed by atoms with Crippen LogP contribution in [0.3, 0.4) is 0 Å². The second kappa shape index (κ2) is 10.8. The molecule has 2 saturated heterocycles. The van der Waals surface area contributed by atoms with Crippen LogP contribution in [-0.2, 0) is 19.2 Å². The summed E-state index contributed by atoms with van der Waals surface area (Å²) in [5.41, 5.74) is 3.87. The van der Waals surface area contributed by atoms with E-state index in [1.165, 1.54) is 43.5 Å². The molecule has 2 aromatic carbocycles. The largest absolute Gasteiger partial charge is 0.504 e. The zero-order valence-corrected chi connectivity index (χ0v) is 25.2. The van der Waals surface area contributed by atoms with Crippen LogP contribution in [0.1, 0.15) is 18.4 Å². The Balaban J connectivity index is 1.56. The van der Waals surface area contributed by atoms with Gasteiger partial charge in [-0.05, 0) is 36.5 Å². The molecule has 246 valence electrons. The summed E-state index contributed by atoms with van der Waals surface area (Å²) in [6.45, 7) is 0. The van der Waals surface area contributed by atoms with Gasteiger partial charge in [0.25, 0.3) is 11.8 Å². The van der Waals surface area contributed by atoms with Crippen molar-refractivity contribution in [3.05, 3.63) is 70.6 Å². The molecule has 3 fully saturated rings. The zero-order chi connectivity index (χ0) is 34.5. The van der Waals surface area contributed by atoms with Gasteiger partial charge in [-0.3, -0.25) is 19.2 Å². The number of likely N-dealkylation sites (tertiary alicyclic amines) is 1. The molecule has 17 heteroatoms. The third-order valence-corrected chi connectivity index (χ3v) is 10.6. The van der Waals surface area contributed by atoms with Crippen LogP contribution in [0, 0.1) is 52.8 Å². The van der Waals surface area contributed by atoms with Crippen molar-refractivity contribution < 1.29 is 55.8 Å². The number of benzene rings is 2. The third-order valence-electron chi connectivity index (χ3n) is 9.18. The second-order valence-corrected chi connectivity index (χ2v) is 12.6. The number of hydrogen-bond donors (Lipinski definition) is 2. The molecule has 6 atom stereocenters. The second-order valence-electron chi connectivity index (χ2n) is 11.4. The van der Waals surface area contributed by atoms with Gasteiger partial charge in [0.2, 0.25) is 17.6 Å². The van der Waals surface area contributed by atoms with Crippen LogP contribution in [0.5, 0.6) is 11.5 Å². The molecule has 1 saturated carbocycles. The number of alkyl halides is 2. The third kappa shape index (κ3) is 4.18. The summed E-state index contributed by atoms with van der Waals surface area (Å²) in [4.78, 5) is 61.1. The average Bonchev–Trinajstić information content (AvgIpc) is 3.37. The van der Waals surface area contributed by atoms with Gasteiger partial charge in [0.1, 0.15) is 5.69 Å². The number of nitrogens with two attached hydrogens (primary N) is 1. The number of urea groups is 1. The molecule has 2 aliphatic carbocycles. The number of phenols is 1. The normalized spacial score (nSPS) is 30.1. The number of rotatable bonds is 4. The Morgan fingerprint density at radius 2 is 1.60 bits per heavy atom. The SMILES string of the molecule is COc1cc(C=C[C@H]2C3=CC[C@@H]4C(=O)N(C(N)=O)C(=O)[C@@H]4[C@@H]3C[C@@]3(Cl)C(=O)N(c4c(F)c(F)c(F)c(F)c4F)C(=O)[C@@]23Cl)ccc1O. The molecular formula is C30H20Cl2F5N3O7. The fraction of sp³-hybridized carbons (Fsp3) is 0.300. The van der Waals surface area contributed by atoms with E-state index in [9.17, 15) is 42.3 Å². The van der Waals surface area contributed by atoms with E-state index in [-0.39, 0.29) is 33.3 Å². The van der Waals surface area contributed by atoms with Crippen LogP contribution in [0.15, 0.2) is 35.9 Å². The number of phenolic OH excluding ortho intramolecular Hbond substituents is 1. The molecular weight excluding hydrogens is 680 g/mol. The predicted octanol–water partition coefficient (Wildman–Crippen LogP) is 4.28. The van der Waals surface area contributed by atoms with Gasteiger partial charge >= 0.3 is 6.03 Å². The Labute approximate surface area is 271 Å². The predicted molar refractivity (Wildman–Crippen MR) is 152 cm³/mol. The highest BCUT2D eigenvalue weighted by molar-refractivity contribution is 6.58. The molecule has 47 heavy (non-hydrogen) atoms. The first kappa shape index (κ1) is 32.4. The molecule has 4 aliphatic rings. The minimum atomic E-state index is -2.71. The number of halogens is 7. The van der Waals surface area contributed by atoms with Crippen LogP contribution < -0.4 is 15.4 Å². The van der Waals surface area contributed by atoms with Gasteiger partial charge in [0.05, 0.1) is 18.9 Å². The van der Waals surface area contributed by atoms with Crippen molar-refractivity contribution in [2.45, 2.75) is 22.6 Å². The van der Waals surface area contributed by atoms with E-state index in [1.54, 1.807) is 0 Å². The van der Waals surface area contributed by atoms with Gasteiger partial charge < -0.3 is 15.6 Å². The van der Waals surface area contributed by atoms with Gasteiger partial charge in [0, 0.05) is 5.92 Å². The summed E-state index contributed by atoms with van der Waals surface area (Å²) >= 11 is 13.9. The molecule has 2 aromatic rings. The zero-order valence-electron chi connectivity index (χ0n) is 23.7. The summed E-state index contributed by atoms with van der Waals surface area (Å²) < 4.78 is 77.6. The number of amides is 6. The lowest BCUT2D eigenvalue weighted by Gasteiger charge is -2.49. The molecule has 0 aromatic heterocycles. The summed E-state index contributed by atoms with van der Waals surface area (Å²) in [6.07, 6.45) is 3.19. The Morgan fingerprint density at radius 1 is 0.979 bits per heavy atom. The van der Waals surface area contributed by atoms with E-state index in [4.69, 9.17) is 33.7 Å². The fourth-order valence-corrected chi connectivity index (χ4v) is 7.93. The van der Waals surface area contributed by atoms with E-state index < -0.39 is 104 Å². The lowest BCUT2D eigenvalue weighted by atomic mass is 9.57. The van der Waals surface area contributed by atoms with Crippen molar-refractivity contribution in [2.75, 3.05) is 12.0 Å². The number of ether oxygens (including phenoxy) is 1. The Hall–Kier alpha value is -4.50. The van der Waals surface area contributed by atoms with E-state index in [1.807, 2.05) is 0 Å². The van der Waals surface area contributed by atoms with Gasteiger partial charge in [-0.15, -0.1) is 23.2 Å². The molecule has 0 unspecified atom stereocenters. The number of allylic oxidation sites excluding steroid dienone is 3. The number of fused-ring (bicyclic) bond motifs is 4. The summed E-state index contributed by atoms with van der Waals surface area (Å²) in [7, 11) is 1.28. The number of imide groups is 4. The van der Waals surface area contributed by atoms with E-state index >= 15 is 8.78 Å². The lowest BCUT2D eigenvalue weighted by molar-refractivity contribution is -0.136. The maximum Gasteiger partial charge on any atom is 0.328 e. The maximum atomic E-state index is 15.0. The van der Waals surface area contributed by atoms with Crippen molar-refractivity contribution >= 4 is 64.6 Å². The monoisotopic (exact) mass is 699 g/mol. The number of aromatic hydroxyl groups is 1. The topological polar surface area (TPSA) is 147 Å². The fourth-order valence-electron chi connectivity index (χ4n) is 7.04. The molecule has 0 bridgehead atoms. The smallest absolute Gasteiger partial charge is 0.328 e. The van der Waals surface area contributed by atoms with Crippen molar-refractivity contribution in [2.24, 2.45) is 29.4 Å². The number of anilines is 1. The number of nitrogens with zero attached hydrogens (tertiary/aromatic N) is 2. The van der Waals surface area contributed by atoms with Gasteiger partial charge in [-0.2, -0.15) is 4.90 Å². The standard InChI is InChI=1S/C30H20Cl2F5N3O7/c1-47-16-8-10(3-7-15(16)41)2-6-14-11-4-5-12-17(25(43)40(24(12)42)28(38)46)13(11)9-29(31)26(44)39(27(45)30(14,29)32)23-21(36)19(34)18(33)20(35)22(23)37/h2-4,6-8,12-14,17,41H,5,9H2,1H3,(H2,38,46)/t12-,13+,14-,17-,29+,30-/m0/s1.